The summed E-state index contributed by atoms with van der Waals surface area (Å²) < 4.78 is 1.30. The van der Waals surface area contributed by atoms with Gasteiger partial charge in [-0.05, 0) is 13.0 Å². The molecule has 0 bridgehead atoms. The minimum Gasteiger partial charge on any atom is -0.382 e. The summed E-state index contributed by atoms with van der Waals surface area (Å²) >= 11 is 0. The fourth-order valence-corrected chi connectivity index (χ4v) is 1.90. The van der Waals surface area contributed by atoms with Gasteiger partial charge in [0.05, 0.1) is 11.9 Å². The van der Waals surface area contributed by atoms with Crippen LogP contribution in [0, 0.1) is 18.3 Å². The van der Waals surface area contributed by atoms with Gasteiger partial charge in [0.15, 0.2) is 11.6 Å². The number of nitrogen functional groups attached to an aromatic ring is 2. The Balaban J connectivity index is 2.08. The van der Waals surface area contributed by atoms with E-state index in [4.69, 9.17) is 11.5 Å². The molecule has 0 fully saturated rings. The van der Waals surface area contributed by atoms with Gasteiger partial charge < -0.3 is 11.5 Å². The van der Waals surface area contributed by atoms with E-state index in [0.717, 1.165) is 0 Å². The molecule has 3 aromatic heterocycles. The van der Waals surface area contributed by atoms with Crippen LogP contribution in [0.25, 0.3) is 5.95 Å². The Bertz CT molecular complexity index is 929. The van der Waals surface area contributed by atoms with E-state index in [2.05, 4.69) is 35.3 Å². The van der Waals surface area contributed by atoms with Gasteiger partial charge in [-0.15, -0.1) is 10.2 Å². The van der Waals surface area contributed by atoms with Crippen molar-refractivity contribution in [3.8, 4) is 12.0 Å². The number of hydrogen-bond donors (Lipinski definition) is 2. The molecule has 0 amide bonds. The maximum atomic E-state index is 9.21. The lowest BCUT2D eigenvalue weighted by Gasteiger charge is -2.03. The number of nitrogens with zero attached hydrogens (tertiary/aromatic N) is 9. The Morgan fingerprint density at radius 3 is 2.58 bits per heavy atom. The fourth-order valence-electron chi connectivity index (χ4n) is 1.90. The fraction of sp³-hybridized carbons (Fsp3) is 0.0769. The predicted octanol–water partition coefficient (Wildman–Crippen LogP) is 1.21. The second kappa shape index (κ2) is 6.05. The van der Waals surface area contributed by atoms with E-state index < -0.39 is 0 Å². The zero-order valence-corrected chi connectivity index (χ0v) is 12.5. The van der Waals surface area contributed by atoms with Crippen LogP contribution < -0.4 is 11.5 Å². The standard InChI is InChI=1S/C13H11N11/c1-7-9(10(15)21-12(16)20-7)22-23-11-8(5-14)6-19-24(11)13-17-3-2-4-18-13/h2-4,6H,1H3,(H4,15,16,20,21)/b23-22+. The number of aromatic nitrogens is 6. The lowest BCUT2D eigenvalue weighted by Crippen LogP contribution is -2.02. The molecule has 118 valence electrons. The first kappa shape index (κ1) is 15.0. The van der Waals surface area contributed by atoms with Crippen molar-refractivity contribution in [3.05, 3.63) is 35.9 Å². The highest BCUT2D eigenvalue weighted by Crippen LogP contribution is 2.28. The number of anilines is 2. The number of aryl methyl sites for hydroxylation is 1. The lowest BCUT2D eigenvalue weighted by atomic mass is 10.3. The van der Waals surface area contributed by atoms with Gasteiger partial charge in [0.2, 0.25) is 5.95 Å². The van der Waals surface area contributed by atoms with Crippen molar-refractivity contribution in [2.24, 2.45) is 10.2 Å². The minimum absolute atomic E-state index is 0.0457. The summed E-state index contributed by atoms with van der Waals surface area (Å²) in [4.78, 5) is 16.0. The second-order valence-electron chi connectivity index (χ2n) is 4.56. The van der Waals surface area contributed by atoms with Gasteiger partial charge in [0.25, 0.3) is 5.95 Å². The van der Waals surface area contributed by atoms with Crippen LogP contribution in [0.1, 0.15) is 11.3 Å². The van der Waals surface area contributed by atoms with Crippen LogP contribution in [0.3, 0.4) is 0 Å². The van der Waals surface area contributed by atoms with Crippen LogP contribution in [0.15, 0.2) is 34.9 Å². The Kier molecular flexibility index (Phi) is 3.77. The molecular weight excluding hydrogens is 310 g/mol. The van der Waals surface area contributed by atoms with Gasteiger partial charge in [-0.3, -0.25) is 0 Å². The SMILES string of the molecule is Cc1nc(N)nc(N)c1/N=N/c1c(C#N)cnn1-c1ncccn1. The summed E-state index contributed by atoms with van der Waals surface area (Å²) in [6.45, 7) is 1.67. The first-order chi connectivity index (χ1) is 11.6. The molecule has 3 rings (SSSR count). The Morgan fingerprint density at radius 1 is 1.17 bits per heavy atom. The molecule has 4 N–H and O–H groups in total. The third-order valence-electron chi connectivity index (χ3n) is 2.95. The summed E-state index contributed by atoms with van der Waals surface area (Å²) in [5.41, 5.74) is 12.2. The third kappa shape index (κ3) is 2.71. The van der Waals surface area contributed by atoms with Gasteiger partial charge in [-0.1, -0.05) is 0 Å². The number of hydrogen-bond acceptors (Lipinski definition) is 10. The maximum Gasteiger partial charge on any atom is 0.252 e. The number of rotatable bonds is 3. The molecule has 3 aromatic rings. The summed E-state index contributed by atoms with van der Waals surface area (Å²) in [6, 6.07) is 3.65. The molecule has 0 unspecified atom stereocenters. The number of nitrogens with two attached hydrogens (primary N) is 2. The zero-order valence-electron chi connectivity index (χ0n) is 12.5. The highest BCUT2D eigenvalue weighted by atomic mass is 15.4. The Hall–Kier alpha value is -3.94. The van der Waals surface area contributed by atoms with Crippen molar-refractivity contribution in [1.82, 2.24) is 29.7 Å². The average Bonchev–Trinajstić information content (AvgIpc) is 2.97. The molecule has 0 saturated heterocycles. The molecule has 11 heteroatoms. The van der Waals surface area contributed by atoms with Crippen LogP contribution in [0.2, 0.25) is 0 Å². The summed E-state index contributed by atoms with van der Waals surface area (Å²) in [5, 5.41) is 21.4. The summed E-state index contributed by atoms with van der Waals surface area (Å²) in [6.07, 6.45) is 4.44. The van der Waals surface area contributed by atoms with Crippen molar-refractivity contribution < 1.29 is 0 Å². The molecule has 0 spiro atoms. The molecule has 24 heavy (non-hydrogen) atoms. The minimum atomic E-state index is 0.0457. The normalized spacial score (nSPS) is 10.8. The Morgan fingerprint density at radius 2 is 1.92 bits per heavy atom. The zero-order chi connectivity index (χ0) is 17.1. The molecule has 0 aromatic carbocycles. The van der Waals surface area contributed by atoms with Crippen LogP contribution in [0.4, 0.5) is 23.3 Å². The number of nitriles is 1. The van der Waals surface area contributed by atoms with E-state index in [-0.39, 0.29) is 34.8 Å². The Labute approximate surface area is 135 Å². The van der Waals surface area contributed by atoms with E-state index in [1.807, 2.05) is 6.07 Å². The molecular formula is C13H11N11. The van der Waals surface area contributed by atoms with Gasteiger partial charge in [0.1, 0.15) is 17.3 Å². The summed E-state index contributed by atoms with van der Waals surface area (Å²) in [5.74, 6) is 0.555. The van der Waals surface area contributed by atoms with Crippen LogP contribution in [-0.2, 0) is 0 Å². The predicted molar refractivity (Wildman–Crippen MR) is 83.6 cm³/mol. The van der Waals surface area contributed by atoms with Crippen molar-refractivity contribution >= 4 is 23.3 Å². The van der Waals surface area contributed by atoms with Gasteiger partial charge in [-0.2, -0.15) is 20.0 Å². The number of azo groups is 1. The second-order valence-corrected chi connectivity index (χ2v) is 4.56. The van der Waals surface area contributed by atoms with Crippen molar-refractivity contribution in [3.63, 3.8) is 0 Å². The van der Waals surface area contributed by atoms with Crippen molar-refractivity contribution in [2.45, 2.75) is 6.92 Å². The average molecular weight is 321 g/mol. The molecule has 11 nitrogen and oxygen atoms in total. The molecule has 3 heterocycles. The smallest absolute Gasteiger partial charge is 0.252 e. The van der Waals surface area contributed by atoms with Gasteiger partial charge >= 0.3 is 0 Å². The molecule has 0 aliphatic carbocycles. The largest absolute Gasteiger partial charge is 0.382 e. The highest BCUT2D eigenvalue weighted by Gasteiger charge is 2.14. The molecule has 0 aliphatic rings. The van der Waals surface area contributed by atoms with E-state index in [1.165, 1.54) is 10.9 Å². The van der Waals surface area contributed by atoms with E-state index in [9.17, 15) is 5.26 Å². The van der Waals surface area contributed by atoms with Crippen molar-refractivity contribution in [1.29, 1.82) is 5.26 Å². The molecule has 0 aliphatic heterocycles. The van der Waals surface area contributed by atoms with E-state index in [0.29, 0.717) is 5.69 Å². The quantitative estimate of drug-likeness (QED) is 0.677. The first-order valence-electron chi connectivity index (χ1n) is 6.67. The van der Waals surface area contributed by atoms with E-state index >= 15 is 0 Å². The van der Waals surface area contributed by atoms with E-state index in [1.54, 1.807) is 25.4 Å². The topological polar surface area (TPSA) is 170 Å². The highest BCUT2D eigenvalue weighted by molar-refractivity contribution is 5.61. The third-order valence-corrected chi connectivity index (χ3v) is 2.95. The molecule has 0 radical (unpaired) electrons. The van der Waals surface area contributed by atoms with Crippen LogP contribution >= 0.6 is 0 Å². The van der Waals surface area contributed by atoms with Gasteiger partial charge in [-0.25, -0.2) is 15.0 Å². The lowest BCUT2D eigenvalue weighted by molar-refractivity contribution is 0.803. The molecule has 0 atom stereocenters. The first-order valence-corrected chi connectivity index (χ1v) is 6.67. The molecule has 0 saturated carbocycles. The monoisotopic (exact) mass is 321 g/mol. The summed E-state index contributed by atoms with van der Waals surface area (Å²) in [7, 11) is 0. The van der Waals surface area contributed by atoms with Crippen LogP contribution in [0.5, 0.6) is 0 Å². The van der Waals surface area contributed by atoms with Crippen LogP contribution in [-0.4, -0.2) is 29.7 Å². The van der Waals surface area contributed by atoms with Gasteiger partial charge in [0, 0.05) is 12.4 Å². The van der Waals surface area contributed by atoms with Crippen molar-refractivity contribution in [2.75, 3.05) is 11.5 Å². The maximum absolute atomic E-state index is 9.21.